The van der Waals surface area contributed by atoms with Crippen molar-refractivity contribution in [3.63, 3.8) is 0 Å². The Balaban J connectivity index is 2.15. The molecule has 18 heavy (non-hydrogen) atoms. The Labute approximate surface area is 112 Å². The second kappa shape index (κ2) is 5.46. The van der Waals surface area contributed by atoms with E-state index >= 15 is 0 Å². The zero-order valence-electron chi connectivity index (χ0n) is 9.60. The van der Waals surface area contributed by atoms with Crippen LogP contribution in [-0.2, 0) is 0 Å². The van der Waals surface area contributed by atoms with Crippen LogP contribution in [0.4, 0.5) is 4.39 Å². The molecule has 0 amide bonds. The first-order valence-corrected chi connectivity index (χ1v) is 6.12. The average molecular weight is 312 g/mol. The molecule has 2 rings (SSSR count). The molecular formula is C13H11BrFNO2. The number of rotatable bonds is 3. The van der Waals surface area contributed by atoms with E-state index in [1.54, 1.807) is 19.1 Å². The normalized spacial score (nSPS) is 12.2. The Morgan fingerprint density at radius 2 is 2.00 bits per heavy atom. The van der Waals surface area contributed by atoms with Gasteiger partial charge >= 0.3 is 0 Å². The van der Waals surface area contributed by atoms with Gasteiger partial charge in [-0.25, -0.2) is 4.39 Å². The van der Waals surface area contributed by atoms with Crippen molar-refractivity contribution in [1.82, 2.24) is 4.98 Å². The molecule has 0 fully saturated rings. The van der Waals surface area contributed by atoms with Crippen LogP contribution in [0.5, 0.6) is 11.5 Å². The first-order chi connectivity index (χ1) is 8.56. The van der Waals surface area contributed by atoms with Gasteiger partial charge in [-0.05, 0) is 53.2 Å². The molecule has 0 saturated heterocycles. The predicted molar refractivity (Wildman–Crippen MR) is 69.0 cm³/mol. The van der Waals surface area contributed by atoms with Crippen LogP contribution in [0.25, 0.3) is 0 Å². The number of pyridine rings is 1. The number of nitrogens with zero attached hydrogens (tertiary/aromatic N) is 1. The highest BCUT2D eigenvalue weighted by molar-refractivity contribution is 9.10. The molecule has 0 aliphatic rings. The van der Waals surface area contributed by atoms with Crippen LogP contribution in [0, 0.1) is 5.82 Å². The van der Waals surface area contributed by atoms with E-state index < -0.39 is 6.10 Å². The van der Waals surface area contributed by atoms with E-state index in [-0.39, 0.29) is 5.82 Å². The molecule has 0 unspecified atom stereocenters. The lowest BCUT2D eigenvalue weighted by molar-refractivity contribution is 0.194. The standard InChI is InChI=1S/C13H11BrFNO2/c1-8(17)13-5-3-10(7-16-13)18-9-2-4-12(15)11(14)6-9/h2-8,17H,1H3/t8-/m1/s1. The molecule has 0 bridgehead atoms. The van der Waals surface area contributed by atoms with Crippen molar-refractivity contribution in [2.24, 2.45) is 0 Å². The fraction of sp³-hybridized carbons (Fsp3) is 0.154. The van der Waals surface area contributed by atoms with E-state index in [0.29, 0.717) is 21.7 Å². The van der Waals surface area contributed by atoms with E-state index in [0.717, 1.165) is 0 Å². The number of hydrogen-bond acceptors (Lipinski definition) is 3. The molecule has 5 heteroatoms. The molecule has 94 valence electrons. The van der Waals surface area contributed by atoms with Gasteiger partial charge in [-0.3, -0.25) is 4.98 Å². The summed E-state index contributed by atoms with van der Waals surface area (Å²) in [6, 6.07) is 7.77. The third-order valence-corrected chi connectivity index (χ3v) is 2.92. The van der Waals surface area contributed by atoms with Crippen LogP contribution in [0.15, 0.2) is 41.0 Å². The number of aliphatic hydroxyl groups excluding tert-OH is 1. The van der Waals surface area contributed by atoms with Crippen molar-refractivity contribution in [3.05, 3.63) is 52.5 Å². The molecule has 1 aromatic carbocycles. The van der Waals surface area contributed by atoms with Gasteiger partial charge in [0, 0.05) is 0 Å². The van der Waals surface area contributed by atoms with Gasteiger partial charge in [0.15, 0.2) is 0 Å². The van der Waals surface area contributed by atoms with E-state index in [2.05, 4.69) is 20.9 Å². The molecule has 0 aliphatic heterocycles. The summed E-state index contributed by atoms with van der Waals surface area (Å²) in [6.07, 6.45) is 0.901. The summed E-state index contributed by atoms with van der Waals surface area (Å²) in [4.78, 5) is 4.05. The van der Waals surface area contributed by atoms with Gasteiger partial charge in [-0.2, -0.15) is 0 Å². The zero-order valence-corrected chi connectivity index (χ0v) is 11.2. The molecule has 3 nitrogen and oxygen atoms in total. The molecule has 2 aromatic rings. The number of benzene rings is 1. The van der Waals surface area contributed by atoms with Crippen molar-refractivity contribution in [2.45, 2.75) is 13.0 Å². The predicted octanol–water partition coefficient (Wildman–Crippen LogP) is 3.83. The van der Waals surface area contributed by atoms with Crippen LogP contribution in [0.1, 0.15) is 18.7 Å². The van der Waals surface area contributed by atoms with Crippen LogP contribution < -0.4 is 4.74 Å². The number of aliphatic hydroxyl groups is 1. The number of hydrogen-bond donors (Lipinski definition) is 1. The van der Waals surface area contributed by atoms with E-state index in [1.165, 1.54) is 24.4 Å². The monoisotopic (exact) mass is 311 g/mol. The molecular weight excluding hydrogens is 301 g/mol. The summed E-state index contributed by atoms with van der Waals surface area (Å²) in [5.41, 5.74) is 0.572. The smallest absolute Gasteiger partial charge is 0.145 e. The lowest BCUT2D eigenvalue weighted by atomic mass is 10.2. The Bertz CT molecular complexity index is 543. The fourth-order valence-electron chi connectivity index (χ4n) is 1.38. The SMILES string of the molecule is C[C@@H](O)c1ccc(Oc2ccc(F)c(Br)c2)cn1. The molecule has 0 aliphatic carbocycles. The summed E-state index contributed by atoms with van der Waals surface area (Å²) < 4.78 is 18.9. The molecule has 0 radical (unpaired) electrons. The molecule has 1 heterocycles. The minimum absolute atomic E-state index is 0.341. The minimum Gasteiger partial charge on any atom is -0.456 e. The van der Waals surface area contributed by atoms with Gasteiger partial charge in [0.25, 0.3) is 0 Å². The third-order valence-electron chi connectivity index (χ3n) is 2.31. The Morgan fingerprint density at radius 1 is 1.28 bits per heavy atom. The van der Waals surface area contributed by atoms with Crippen LogP contribution in [0.2, 0.25) is 0 Å². The van der Waals surface area contributed by atoms with Crippen molar-refractivity contribution in [2.75, 3.05) is 0 Å². The van der Waals surface area contributed by atoms with Crippen LogP contribution >= 0.6 is 15.9 Å². The van der Waals surface area contributed by atoms with Gasteiger partial charge in [0.2, 0.25) is 0 Å². The average Bonchev–Trinajstić information content (AvgIpc) is 2.34. The number of halogens is 2. The van der Waals surface area contributed by atoms with Crippen LogP contribution in [-0.4, -0.2) is 10.1 Å². The Hall–Kier alpha value is -1.46. The first-order valence-electron chi connectivity index (χ1n) is 5.33. The largest absolute Gasteiger partial charge is 0.456 e. The molecule has 0 spiro atoms. The maximum absolute atomic E-state index is 13.0. The Kier molecular flexibility index (Phi) is 3.93. The maximum atomic E-state index is 13.0. The molecule has 0 saturated carbocycles. The third kappa shape index (κ3) is 3.05. The van der Waals surface area contributed by atoms with Gasteiger partial charge in [-0.15, -0.1) is 0 Å². The summed E-state index contributed by atoms with van der Waals surface area (Å²) in [7, 11) is 0. The quantitative estimate of drug-likeness (QED) is 0.936. The fourth-order valence-corrected chi connectivity index (χ4v) is 1.73. The van der Waals surface area contributed by atoms with Crippen molar-refractivity contribution in [1.29, 1.82) is 0 Å². The summed E-state index contributed by atoms with van der Waals surface area (Å²) in [5, 5.41) is 9.32. The summed E-state index contributed by atoms with van der Waals surface area (Å²) >= 11 is 3.09. The zero-order chi connectivity index (χ0) is 13.1. The van der Waals surface area contributed by atoms with Gasteiger partial charge in [-0.1, -0.05) is 0 Å². The van der Waals surface area contributed by atoms with Crippen LogP contribution in [0.3, 0.4) is 0 Å². The number of ether oxygens (including phenoxy) is 1. The lowest BCUT2D eigenvalue weighted by Gasteiger charge is -2.08. The molecule has 1 atom stereocenters. The van der Waals surface area contributed by atoms with E-state index in [1.807, 2.05) is 0 Å². The minimum atomic E-state index is -0.612. The van der Waals surface area contributed by atoms with Gasteiger partial charge in [0.05, 0.1) is 22.5 Å². The molecule has 1 aromatic heterocycles. The highest BCUT2D eigenvalue weighted by Crippen LogP contribution is 2.26. The first kappa shape index (κ1) is 13.0. The van der Waals surface area contributed by atoms with Crippen molar-refractivity contribution >= 4 is 15.9 Å². The Morgan fingerprint density at radius 3 is 2.56 bits per heavy atom. The second-order valence-electron chi connectivity index (χ2n) is 3.77. The highest BCUT2D eigenvalue weighted by Gasteiger charge is 2.05. The van der Waals surface area contributed by atoms with E-state index in [4.69, 9.17) is 4.74 Å². The van der Waals surface area contributed by atoms with Crippen molar-refractivity contribution in [3.8, 4) is 11.5 Å². The van der Waals surface area contributed by atoms with Gasteiger partial charge in [0.1, 0.15) is 17.3 Å². The molecule has 1 N–H and O–H groups in total. The summed E-state index contributed by atoms with van der Waals surface area (Å²) in [6.45, 7) is 1.64. The maximum Gasteiger partial charge on any atom is 0.145 e. The number of aromatic nitrogens is 1. The summed E-state index contributed by atoms with van der Waals surface area (Å²) in [5.74, 6) is 0.692. The van der Waals surface area contributed by atoms with E-state index in [9.17, 15) is 9.50 Å². The van der Waals surface area contributed by atoms with Crippen molar-refractivity contribution < 1.29 is 14.2 Å². The van der Waals surface area contributed by atoms with Gasteiger partial charge < -0.3 is 9.84 Å². The highest BCUT2D eigenvalue weighted by atomic mass is 79.9. The lowest BCUT2D eigenvalue weighted by Crippen LogP contribution is -1.95. The second-order valence-corrected chi connectivity index (χ2v) is 4.63. The topological polar surface area (TPSA) is 42.4 Å².